The van der Waals surface area contributed by atoms with Crippen molar-refractivity contribution in [2.75, 3.05) is 5.32 Å². The molecule has 0 bridgehead atoms. The Morgan fingerprint density at radius 1 is 1.03 bits per heavy atom. The number of amides is 2. The number of halogens is 1. The Kier molecular flexibility index (Phi) is 6.45. The van der Waals surface area contributed by atoms with Crippen LogP contribution in [-0.4, -0.2) is 21.4 Å². The number of aromatic nitrogens is 2. The molecule has 4 aromatic rings. The summed E-state index contributed by atoms with van der Waals surface area (Å²) in [6.07, 6.45) is 2.98. The molecule has 0 saturated heterocycles. The normalized spacial score (nSPS) is 10.5. The SMILES string of the molecule is NC(=O)c1cc(COc2ccc(NC(=O)c3cccn(-c4ccc(F)cc4)c3=O)cc2)ccn1. The molecule has 8 nitrogen and oxygen atoms in total. The lowest BCUT2D eigenvalue weighted by Gasteiger charge is -2.10. The van der Waals surface area contributed by atoms with E-state index < -0.39 is 23.2 Å². The van der Waals surface area contributed by atoms with E-state index in [1.54, 1.807) is 42.5 Å². The third-order valence-corrected chi connectivity index (χ3v) is 4.89. The van der Waals surface area contributed by atoms with Gasteiger partial charge in [0, 0.05) is 23.8 Å². The molecule has 0 unspecified atom stereocenters. The van der Waals surface area contributed by atoms with Crippen molar-refractivity contribution < 1.29 is 18.7 Å². The van der Waals surface area contributed by atoms with Gasteiger partial charge in [-0.2, -0.15) is 0 Å². The summed E-state index contributed by atoms with van der Waals surface area (Å²) in [5.74, 6) is -1.08. The van der Waals surface area contributed by atoms with Crippen LogP contribution in [0, 0.1) is 5.82 Å². The molecular weight excluding hydrogens is 439 g/mol. The van der Waals surface area contributed by atoms with Gasteiger partial charge in [0.1, 0.15) is 29.4 Å². The van der Waals surface area contributed by atoms with Crippen LogP contribution >= 0.6 is 0 Å². The third-order valence-electron chi connectivity index (χ3n) is 4.89. The van der Waals surface area contributed by atoms with E-state index in [9.17, 15) is 18.8 Å². The second-order valence-corrected chi connectivity index (χ2v) is 7.25. The van der Waals surface area contributed by atoms with Crippen molar-refractivity contribution in [2.45, 2.75) is 6.61 Å². The fraction of sp³-hybridized carbons (Fsp3) is 0.0400. The number of benzene rings is 2. The van der Waals surface area contributed by atoms with E-state index in [1.165, 1.54) is 47.3 Å². The molecule has 0 fully saturated rings. The maximum Gasteiger partial charge on any atom is 0.267 e. The van der Waals surface area contributed by atoms with Gasteiger partial charge in [0.25, 0.3) is 17.4 Å². The number of ether oxygens (including phenoxy) is 1. The molecule has 34 heavy (non-hydrogen) atoms. The van der Waals surface area contributed by atoms with Crippen LogP contribution in [-0.2, 0) is 6.61 Å². The van der Waals surface area contributed by atoms with E-state index in [-0.39, 0.29) is 17.9 Å². The summed E-state index contributed by atoms with van der Waals surface area (Å²) >= 11 is 0. The molecule has 9 heteroatoms. The molecule has 0 spiro atoms. The Morgan fingerprint density at radius 2 is 1.76 bits per heavy atom. The summed E-state index contributed by atoms with van der Waals surface area (Å²) in [7, 11) is 0. The smallest absolute Gasteiger partial charge is 0.267 e. The average Bonchev–Trinajstić information content (AvgIpc) is 2.84. The summed E-state index contributed by atoms with van der Waals surface area (Å²) < 4.78 is 20.1. The molecule has 0 saturated carbocycles. The first-order chi connectivity index (χ1) is 16.4. The van der Waals surface area contributed by atoms with Crippen LogP contribution in [0.5, 0.6) is 5.75 Å². The predicted octanol–water partition coefficient (Wildman–Crippen LogP) is 3.30. The quantitative estimate of drug-likeness (QED) is 0.441. The van der Waals surface area contributed by atoms with Crippen molar-refractivity contribution in [3.05, 3.63) is 118 Å². The highest BCUT2D eigenvalue weighted by Gasteiger charge is 2.13. The Bertz CT molecular complexity index is 1400. The monoisotopic (exact) mass is 458 g/mol. The van der Waals surface area contributed by atoms with E-state index in [0.717, 1.165) is 5.56 Å². The molecule has 2 aromatic heterocycles. The number of nitrogens with one attached hydrogen (secondary N) is 1. The van der Waals surface area contributed by atoms with Crippen LogP contribution in [0.1, 0.15) is 26.4 Å². The van der Waals surface area contributed by atoms with Crippen molar-refractivity contribution in [3.8, 4) is 11.4 Å². The number of hydrogen-bond acceptors (Lipinski definition) is 5. The van der Waals surface area contributed by atoms with Crippen LogP contribution in [0.3, 0.4) is 0 Å². The van der Waals surface area contributed by atoms with E-state index in [0.29, 0.717) is 17.1 Å². The summed E-state index contributed by atoms with van der Waals surface area (Å²) in [5.41, 5.74) is 6.43. The molecule has 0 atom stereocenters. The van der Waals surface area contributed by atoms with Gasteiger partial charge in [-0.05, 0) is 78.4 Å². The molecular formula is C25H19FN4O4. The Morgan fingerprint density at radius 3 is 2.47 bits per heavy atom. The van der Waals surface area contributed by atoms with Crippen molar-refractivity contribution in [1.29, 1.82) is 0 Å². The van der Waals surface area contributed by atoms with Gasteiger partial charge in [-0.3, -0.25) is 23.9 Å². The number of primary amides is 1. The average molecular weight is 458 g/mol. The third kappa shape index (κ3) is 5.16. The second kappa shape index (κ2) is 9.78. The van der Waals surface area contributed by atoms with Crippen molar-refractivity contribution in [2.24, 2.45) is 5.73 Å². The molecule has 170 valence electrons. The van der Waals surface area contributed by atoms with Crippen molar-refractivity contribution in [1.82, 2.24) is 9.55 Å². The van der Waals surface area contributed by atoms with Crippen molar-refractivity contribution in [3.63, 3.8) is 0 Å². The van der Waals surface area contributed by atoms with Crippen LogP contribution in [0.4, 0.5) is 10.1 Å². The predicted molar refractivity (Wildman–Crippen MR) is 123 cm³/mol. The van der Waals surface area contributed by atoms with Gasteiger partial charge in [0.15, 0.2) is 0 Å². The minimum Gasteiger partial charge on any atom is -0.489 e. The van der Waals surface area contributed by atoms with Gasteiger partial charge in [-0.1, -0.05) is 0 Å². The largest absolute Gasteiger partial charge is 0.489 e. The number of rotatable bonds is 7. The number of nitrogens with two attached hydrogens (primary N) is 1. The first-order valence-corrected chi connectivity index (χ1v) is 10.2. The molecule has 2 amide bonds. The molecule has 0 aliphatic carbocycles. The summed E-state index contributed by atoms with van der Waals surface area (Å²) in [5, 5.41) is 2.68. The van der Waals surface area contributed by atoms with Crippen LogP contribution in [0.15, 0.2) is 90.0 Å². The molecule has 2 aromatic carbocycles. The van der Waals surface area contributed by atoms with Gasteiger partial charge < -0.3 is 15.8 Å². The van der Waals surface area contributed by atoms with Gasteiger partial charge >= 0.3 is 0 Å². The Hall–Kier alpha value is -4.79. The standard InChI is InChI=1S/C25H19FN4O4/c26-17-3-7-19(8-4-17)30-13-1-2-21(25(30)33)24(32)29-18-5-9-20(10-6-18)34-15-16-11-12-28-22(14-16)23(27)31/h1-14H,15H2,(H2,27,31)(H,29,32). The lowest BCUT2D eigenvalue weighted by Crippen LogP contribution is -2.27. The van der Waals surface area contributed by atoms with Gasteiger partial charge in [-0.15, -0.1) is 0 Å². The van der Waals surface area contributed by atoms with Crippen LogP contribution in [0.2, 0.25) is 0 Å². The summed E-state index contributed by atoms with van der Waals surface area (Å²) in [6, 6.07) is 18.2. The lowest BCUT2D eigenvalue weighted by molar-refractivity contribution is 0.0993. The first-order valence-electron chi connectivity index (χ1n) is 10.2. The molecule has 0 aliphatic rings. The number of anilines is 1. The molecule has 3 N–H and O–H groups in total. The second-order valence-electron chi connectivity index (χ2n) is 7.25. The first kappa shape index (κ1) is 22.4. The van der Waals surface area contributed by atoms with E-state index in [1.807, 2.05) is 0 Å². The number of pyridine rings is 2. The topological polar surface area (TPSA) is 116 Å². The van der Waals surface area contributed by atoms with Crippen molar-refractivity contribution >= 4 is 17.5 Å². The highest BCUT2D eigenvalue weighted by Crippen LogP contribution is 2.18. The highest BCUT2D eigenvalue weighted by molar-refractivity contribution is 6.04. The maximum atomic E-state index is 13.2. The maximum absolute atomic E-state index is 13.2. The minimum atomic E-state index is -0.621. The van der Waals surface area contributed by atoms with Gasteiger partial charge in [-0.25, -0.2) is 4.39 Å². The molecule has 4 rings (SSSR count). The fourth-order valence-corrected chi connectivity index (χ4v) is 3.17. The Labute approximate surface area is 193 Å². The molecule has 0 radical (unpaired) electrons. The zero-order valence-electron chi connectivity index (χ0n) is 17.8. The fourth-order valence-electron chi connectivity index (χ4n) is 3.17. The lowest BCUT2D eigenvalue weighted by atomic mass is 10.2. The molecule has 0 aliphatic heterocycles. The van der Waals surface area contributed by atoms with Crippen LogP contribution < -0.4 is 21.3 Å². The Balaban J connectivity index is 1.43. The van der Waals surface area contributed by atoms with Gasteiger partial charge in [0.05, 0.1) is 0 Å². The number of nitrogens with zero attached hydrogens (tertiary/aromatic N) is 2. The van der Waals surface area contributed by atoms with Gasteiger partial charge in [0.2, 0.25) is 0 Å². The highest BCUT2D eigenvalue weighted by atomic mass is 19.1. The molecule has 2 heterocycles. The van der Waals surface area contributed by atoms with E-state index >= 15 is 0 Å². The van der Waals surface area contributed by atoms with Crippen LogP contribution in [0.25, 0.3) is 5.69 Å². The summed E-state index contributed by atoms with van der Waals surface area (Å²) in [6.45, 7) is 0.196. The zero-order chi connectivity index (χ0) is 24.1. The minimum absolute atomic E-state index is 0.0601. The summed E-state index contributed by atoms with van der Waals surface area (Å²) in [4.78, 5) is 40.6. The zero-order valence-corrected chi connectivity index (χ0v) is 17.8. The number of carbonyl (C=O) groups excluding carboxylic acids is 2. The number of carbonyl (C=O) groups is 2. The van der Waals surface area contributed by atoms with E-state index in [2.05, 4.69) is 10.3 Å². The number of hydrogen-bond donors (Lipinski definition) is 2. The van der Waals surface area contributed by atoms with E-state index in [4.69, 9.17) is 10.5 Å².